The van der Waals surface area contributed by atoms with Crippen LogP contribution in [0.15, 0.2) is 18.2 Å². The predicted molar refractivity (Wildman–Crippen MR) is 76.8 cm³/mol. The minimum Gasteiger partial charge on any atom is -0.481 e. The molecule has 0 aromatic carbocycles. The molecule has 8 heteroatoms. The van der Waals surface area contributed by atoms with Gasteiger partial charge in [0.15, 0.2) is 0 Å². The number of aliphatic hydroxyl groups is 1. The van der Waals surface area contributed by atoms with E-state index in [1.165, 1.54) is 0 Å². The number of carboxylic acids is 1. The van der Waals surface area contributed by atoms with Gasteiger partial charge in [-0.15, -0.1) is 0 Å². The van der Waals surface area contributed by atoms with Gasteiger partial charge in [0.2, 0.25) is 5.28 Å². The highest BCUT2D eigenvalue weighted by Gasteiger charge is 2.05. The molecule has 1 atom stereocenters. The average molecular weight is 301 g/mol. The lowest BCUT2D eigenvalue weighted by Crippen LogP contribution is -2.17. The second-order valence-electron chi connectivity index (χ2n) is 3.95. The van der Waals surface area contributed by atoms with Crippen molar-refractivity contribution in [2.75, 3.05) is 17.2 Å². The van der Waals surface area contributed by atoms with Crippen LogP contribution >= 0.6 is 11.6 Å². The Morgan fingerprint density at radius 2 is 2.20 bits per heavy atom. The highest BCUT2D eigenvalue weighted by Crippen LogP contribution is 2.15. The van der Waals surface area contributed by atoms with Crippen molar-refractivity contribution < 1.29 is 15.0 Å². The summed E-state index contributed by atoms with van der Waals surface area (Å²) in [4.78, 5) is 18.3. The molecule has 0 fully saturated rings. The monoisotopic (exact) mass is 300 g/mol. The number of hydrogen-bond donors (Lipinski definition) is 4. The quantitative estimate of drug-likeness (QED) is 0.250. The van der Waals surface area contributed by atoms with E-state index in [0.717, 1.165) is 0 Å². The number of nitrogens with zero attached hydrogens (tertiary/aromatic N) is 2. The third-order valence-electron chi connectivity index (χ3n) is 2.24. The molecule has 0 saturated carbocycles. The van der Waals surface area contributed by atoms with Gasteiger partial charge in [0.1, 0.15) is 17.9 Å². The molecule has 1 heterocycles. The van der Waals surface area contributed by atoms with Crippen molar-refractivity contribution in [3.05, 3.63) is 23.5 Å². The van der Waals surface area contributed by atoms with Crippen molar-refractivity contribution in [2.24, 2.45) is 0 Å². The number of rotatable bonds is 8. The minimum atomic E-state index is -0.870. The Kier molecular flexibility index (Phi) is 6.75. The Labute approximate surface area is 121 Å². The molecule has 20 heavy (non-hydrogen) atoms. The van der Waals surface area contributed by atoms with E-state index < -0.39 is 12.2 Å². The first-order valence-corrected chi connectivity index (χ1v) is 6.46. The lowest BCUT2D eigenvalue weighted by atomic mass is 10.3. The van der Waals surface area contributed by atoms with Crippen LogP contribution in [0.5, 0.6) is 0 Å². The van der Waals surface area contributed by atoms with Gasteiger partial charge < -0.3 is 20.8 Å². The molecular weight excluding hydrogens is 284 g/mol. The molecule has 110 valence electrons. The molecular formula is C12H17ClN4O3. The molecule has 1 aromatic heterocycles. The highest BCUT2D eigenvalue weighted by molar-refractivity contribution is 6.28. The van der Waals surface area contributed by atoms with E-state index in [9.17, 15) is 9.90 Å². The second-order valence-corrected chi connectivity index (χ2v) is 4.28. The van der Waals surface area contributed by atoms with Gasteiger partial charge in [-0.3, -0.25) is 4.79 Å². The van der Waals surface area contributed by atoms with Crippen LogP contribution in [0.25, 0.3) is 0 Å². The maximum Gasteiger partial charge on any atom is 0.303 e. The summed E-state index contributed by atoms with van der Waals surface area (Å²) in [5.74, 6) is -0.00810. The maximum absolute atomic E-state index is 10.4. The van der Waals surface area contributed by atoms with E-state index in [1.54, 1.807) is 25.1 Å². The molecule has 1 unspecified atom stereocenters. The first kappa shape index (κ1) is 16.2. The summed E-state index contributed by atoms with van der Waals surface area (Å²) < 4.78 is 0. The van der Waals surface area contributed by atoms with Crippen molar-refractivity contribution in [3.63, 3.8) is 0 Å². The van der Waals surface area contributed by atoms with Crippen LogP contribution in [0, 0.1) is 0 Å². The van der Waals surface area contributed by atoms with Crippen molar-refractivity contribution >= 4 is 29.2 Å². The molecule has 0 radical (unpaired) electrons. The Bertz CT molecular complexity index is 482. The first-order valence-electron chi connectivity index (χ1n) is 6.09. The van der Waals surface area contributed by atoms with Gasteiger partial charge in [0, 0.05) is 19.0 Å². The second kappa shape index (κ2) is 8.34. The van der Waals surface area contributed by atoms with Crippen molar-refractivity contribution in [3.8, 4) is 0 Å². The van der Waals surface area contributed by atoms with Crippen LogP contribution in [0.4, 0.5) is 11.6 Å². The van der Waals surface area contributed by atoms with Crippen LogP contribution < -0.4 is 10.6 Å². The lowest BCUT2D eigenvalue weighted by Gasteiger charge is -2.11. The third kappa shape index (κ3) is 6.35. The fraction of sp³-hybridized carbons (Fsp3) is 0.417. The van der Waals surface area contributed by atoms with Gasteiger partial charge >= 0.3 is 5.97 Å². The van der Waals surface area contributed by atoms with Gasteiger partial charge in [-0.05, 0) is 31.0 Å². The zero-order valence-corrected chi connectivity index (χ0v) is 11.8. The van der Waals surface area contributed by atoms with E-state index in [2.05, 4.69) is 20.6 Å². The SMILES string of the molecule is C/C=C\C(O)Nc1cc(NCCCC(=O)O)nc(Cl)n1. The number of carbonyl (C=O) groups is 1. The van der Waals surface area contributed by atoms with Crippen molar-refractivity contribution in [2.45, 2.75) is 26.0 Å². The number of halogens is 1. The van der Waals surface area contributed by atoms with E-state index in [-0.39, 0.29) is 11.7 Å². The van der Waals surface area contributed by atoms with Crippen LogP contribution in [-0.4, -0.2) is 38.9 Å². The van der Waals surface area contributed by atoms with Crippen LogP contribution in [-0.2, 0) is 4.79 Å². The largest absolute Gasteiger partial charge is 0.481 e. The number of aliphatic carboxylic acids is 1. The molecule has 4 N–H and O–H groups in total. The van der Waals surface area contributed by atoms with Gasteiger partial charge in [-0.25, -0.2) is 9.97 Å². The number of nitrogens with one attached hydrogen (secondary N) is 2. The van der Waals surface area contributed by atoms with Gasteiger partial charge in [0.25, 0.3) is 0 Å². The lowest BCUT2D eigenvalue weighted by molar-refractivity contribution is -0.137. The number of allylic oxidation sites excluding steroid dienone is 1. The summed E-state index contributed by atoms with van der Waals surface area (Å²) >= 11 is 5.78. The fourth-order valence-electron chi connectivity index (χ4n) is 1.42. The fourth-order valence-corrected chi connectivity index (χ4v) is 1.60. The third-order valence-corrected chi connectivity index (χ3v) is 2.41. The molecule has 0 bridgehead atoms. The molecule has 1 rings (SSSR count). The number of anilines is 2. The highest BCUT2D eigenvalue weighted by atomic mass is 35.5. The van der Waals surface area contributed by atoms with Gasteiger partial charge in [-0.1, -0.05) is 6.08 Å². The molecule has 0 spiro atoms. The van der Waals surface area contributed by atoms with E-state index in [4.69, 9.17) is 16.7 Å². The van der Waals surface area contributed by atoms with Crippen molar-refractivity contribution in [1.29, 1.82) is 0 Å². The molecule has 7 nitrogen and oxygen atoms in total. The molecule has 0 aliphatic carbocycles. The zero-order chi connectivity index (χ0) is 15.0. The molecule has 0 saturated heterocycles. The van der Waals surface area contributed by atoms with Crippen LogP contribution in [0.1, 0.15) is 19.8 Å². The van der Waals surface area contributed by atoms with E-state index in [1.807, 2.05) is 0 Å². The van der Waals surface area contributed by atoms with Gasteiger partial charge in [-0.2, -0.15) is 0 Å². The Balaban J connectivity index is 2.59. The number of hydrogen-bond acceptors (Lipinski definition) is 6. The van der Waals surface area contributed by atoms with E-state index in [0.29, 0.717) is 24.6 Å². The van der Waals surface area contributed by atoms with Crippen LogP contribution in [0.3, 0.4) is 0 Å². The molecule has 0 aliphatic rings. The Hall–Kier alpha value is -1.86. The Morgan fingerprint density at radius 1 is 1.50 bits per heavy atom. The summed E-state index contributed by atoms with van der Waals surface area (Å²) in [6, 6.07) is 1.58. The summed E-state index contributed by atoms with van der Waals surface area (Å²) in [6.07, 6.45) is 2.94. The normalized spacial score (nSPS) is 12.3. The number of aromatic nitrogens is 2. The molecule has 1 aromatic rings. The minimum absolute atomic E-state index is 0.0309. The average Bonchev–Trinajstić information content (AvgIpc) is 2.34. The topological polar surface area (TPSA) is 107 Å². The first-order chi connectivity index (χ1) is 9.51. The zero-order valence-electron chi connectivity index (χ0n) is 11.0. The maximum atomic E-state index is 10.4. The van der Waals surface area contributed by atoms with Crippen molar-refractivity contribution in [1.82, 2.24) is 9.97 Å². The van der Waals surface area contributed by atoms with E-state index >= 15 is 0 Å². The molecule has 0 aliphatic heterocycles. The smallest absolute Gasteiger partial charge is 0.303 e. The Morgan fingerprint density at radius 3 is 2.85 bits per heavy atom. The van der Waals surface area contributed by atoms with Crippen LogP contribution in [0.2, 0.25) is 5.28 Å². The number of carboxylic acid groups (broad SMARTS) is 1. The van der Waals surface area contributed by atoms with Gasteiger partial charge in [0.05, 0.1) is 0 Å². The number of aliphatic hydroxyl groups excluding tert-OH is 1. The standard InChI is InChI=1S/C12H17ClN4O3/c1-2-4-10(18)15-9-7-8(16-12(13)17-9)14-6-3-5-11(19)20/h2,4,7,10,18H,3,5-6H2,1H3,(H,19,20)(H2,14,15,16,17)/b4-2-. The summed E-state index contributed by atoms with van der Waals surface area (Å²) in [5.41, 5.74) is 0. The summed E-state index contributed by atoms with van der Waals surface area (Å²) in [6.45, 7) is 2.24. The summed E-state index contributed by atoms with van der Waals surface area (Å²) in [5, 5.41) is 23.8. The predicted octanol–water partition coefficient (Wildman–Crippen LogP) is 1.71. The summed E-state index contributed by atoms with van der Waals surface area (Å²) in [7, 11) is 0. The molecule has 0 amide bonds.